The summed E-state index contributed by atoms with van der Waals surface area (Å²) >= 11 is 0. The molecule has 178 valence electrons. The van der Waals surface area contributed by atoms with E-state index in [0.717, 1.165) is 0 Å². The maximum atomic E-state index is 13.4. The average Bonchev–Trinajstić information content (AvgIpc) is 2.68. The molecule has 0 radical (unpaired) electrons. The molecule has 2 atom stereocenters. The number of phenols is 1. The molecule has 8 nitrogen and oxygen atoms in total. The third kappa shape index (κ3) is 5.54. The molecule has 0 aliphatic carbocycles. The number of carbonyl (C=O) groups is 2. The van der Waals surface area contributed by atoms with Crippen LogP contribution in [-0.2, 0) is 9.53 Å². The Kier molecular flexibility index (Phi) is 7.83. The van der Waals surface area contributed by atoms with Crippen LogP contribution < -0.4 is 10.1 Å². The Morgan fingerprint density at radius 3 is 2.44 bits per heavy atom. The van der Waals surface area contributed by atoms with Crippen molar-refractivity contribution in [3.63, 3.8) is 0 Å². The Morgan fingerprint density at radius 2 is 1.91 bits per heavy atom. The van der Waals surface area contributed by atoms with Gasteiger partial charge >= 0.3 is 12.0 Å². The number of benzene rings is 1. The summed E-state index contributed by atoms with van der Waals surface area (Å²) in [5.41, 5.74) is 1.90. The predicted molar refractivity (Wildman–Crippen MR) is 124 cm³/mol. The average molecular weight is 448 g/mol. The number of methoxy groups -OCH3 is 1. The minimum absolute atomic E-state index is 0.0252. The number of allylic oxidation sites excluding steroid dienone is 1. The fourth-order valence-electron chi connectivity index (χ4n) is 3.36. The fraction of sp³-hybridized carbons (Fsp3) is 0.583. The number of phenolic OH excluding ortho intramolecular Hbond substituents is 1. The van der Waals surface area contributed by atoms with Crippen LogP contribution in [0, 0.1) is 12.3 Å². The molecule has 1 aliphatic rings. The molecule has 8 heteroatoms. The van der Waals surface area contributed by atoms with Crippen LogP contribution in [0.1, 0.15) is 51.8 Å². The van der Waals surface area contributed by atoms with Crippen LogP contribution in [0.2, 0.25) is 0 Å². The topological polar surface area (TPSA) is 91.3 Å². The molecule has 0 saturated carbocycles. The normalized spacial score (nSPS) is 18.0. The Hall–Kier alpha value is -2.74. The van der Waals surface area contributed by atoms with E-state index in [2.05, 4.69) is 5.32 Å². The van der Waals surface area contributed by atoms with E-state index in [4.69, 9.17) is 9.47 Å². The molecule has 1 aromatic carbocycles. The molecule has 1 heterocycles. The van der Waals surface area contributed by atoms with E-state index in [1.165, 1.54) is 7.11 Å². The number of ether oxygens (including phenoxy) is 2. The van der Waals surface area contributed by atoms with Crippen LogP contribution in [-0.4, -0.2) is 67.3 Å². The highest BCUT2D eigenvalue weighted by Crippen LogP contribution is 2.38. The minimum atomic E-state index is -0.731. The number of urea groups is 1. The van der Waals surface area contributed by atoms with Gasteiger partial charge in [0.05, 0.1) is 18.7 Å². The van der Waals surface area contributed by atoms with Crippen LogP contribution in [0.3, 0.4) is 0 Å². The number of carbonyl (C=O) groups excluding carboxylic acids is 2. The Bertz CT molecular complexity index is 902. The number of nitrogens with one attached hydrogen (secondary N) is 1. The number of esters is 1. The molecule has 0 saturated heterocycles. The molecule has 2 N–H and O–H groups in total. The lowest BCUT2D eigenvalue weighted by molar-refractivity contribution is -0.149. The molecular weight excluding hydrogens is 410 g/mol. The maximum absolute atomic E-state index is 13.4. The SMILES string of the molecule is COc1cc(C2NC(=O)N(CCN(C)C)C(C)=C2C(=O)OC(C)C(C)(C)C)cc(C)c1O. The predicted octanol–water partition coefficient (Wildman–Crippen LogP) is 3.59. The zero-order valence-electron chi connectivity index (χ0n) is 20.7. The lowest BCUT2D eigenvalue weighted by Crippen LogP contribution is -2.50. The van der Waals surface area contributed by atoms with Gasteiger partial charge in [-0.15, -0.1) is 0 Å². The number of likely N-dealkylation sites (N-methyl/N-ethyl adjacent to an activating group) is 1. The number of nitrogens with zero attached hydrogens (tertiary/aromatic N) is 2. The van der Waals surface area contributed by atoms with Crippen LogP contribution in [0.4, 0.5) is 4.79 Å². The summed E-state index contributed by atoms with van der Waals surface area (Å²) in [4.78, 5) is 29.9. The molecule has 0 spiro atoms. The lowest BCUT2D eigenvalue weighted by Gasteiger charge is -2.37. The summed E-state index contributed by atoms with van der Waals surface area (Å²) < 4.78 is 11.1. The van der Waals surface area contributed by atoms with E-state index in [-0.39, 0.29) is 29.0 Å². The summed E-state index contributed by atoms with van der Waals surface area (Å²) in [5, 5.41) is 13.2. The number of amides is 2. The Morgan fingerprint density at radius 1 is 1.28 bits per heavy atom. The Balaban J connectivity index is 2.58. The van der Waals surface area contributed by atoms with Crippen molar-refractivity contribution in [1.82, 2.24) is 15.1 Å². The van der Waals surface area contributed by atoms with Crippen molar-refractivity contribution < 1.29 is 24.2 Å². The first-order valence-electron chi connectivity index (χ1n) is 10.8. The number of hydrogen-bond donors (Lipinski definition) is 2. The molecule has 2 rings (SSSR count). The van der Waals surface area contributed by atoms with E-state index >= 15 is 0 Å². The number of aryl methyl sites for hydroxylation is 1. The minimum Gasteiger partial charge on any atom is -0.504 e. The first kappa shape index (κ1) is 25.5. The van der Waals surface area contributed by atoms with Crippen molar-refractivity contribution in [3.8, 4) is 11.5 Å². The van der Waals surface area contributed by atoms with Crippen LogP contribution in [0.5, 0.6) is 11.5 Å². The first-order chi connectivity index (χ1) is 14.8. The van der Waals surface area contributed by atoms with Gasteiger partial charge in [-0.1, -0.05) is 20.8 Å². The second-order valence-electron chi connectivity index (χ2n) is 9.64. The van der Waals surface area contributed by atoms with E-state index < -0.39 is 12.0 Å². The van der Waals surface area contributed by atoms with Gasteiger partial charge in [-0.05, 0) is 63.5 Å². The number of rotatable bonds is 7. The van der Waals surface area contributed by atoms with Crippen LogP contribution >= 0.6 is 0 Å². The summed E-state index contributed by atoms with van der Waals surface area (Å²) in [7, 11) is 5.31. The van der Waals surface area contributed by atoms with Gasteiger partial charge in [0, 0.05) is 18.8 Å². The van der Waals surface area contributed by atoms with Crippen molar-refractivity contribution in [1.29, 1.82) is 0 Å². The zero-order chi connectivity index (χ0) is 24.4. The zero-order valence-corrected chi connectivity index (χ0v) is 20.7. The van der Waals surface area contributed by atoms with Crippen molar-refractivity contribution in [2.24, 2.45) is 5.41 Å². The smallest absolute Gasteiger partial charge is 0.338 e. The molecular formula is C24H37N3O5. The summed E-state index contributed by atoms with van der Waals surface area (Å²) in [5.74, 6) is -0.177. The van der Waals surface area contributed by atoms with Gasteiger partial charge in [-0.3, -0.25) is 4.90 Å². The molecule has 32 heavy (non-hydrogen) atoms. The summed E-state index contributed by atoms with van der Waals surface area (Å²) in [6.07, 6.45) is -0.333. The monoisotopic (exact) mass is 447 g/mol. The Labute approximate surface area is 191 Å². The summed E-state index contributed by atoms with van der Waals surface area (Å²) in [6, 6.07) is 2.35. The standard InChI is InChI=1S/C24H37N3O5/c1-14-12-17(13-18(31-9)21(14)28)20-19(22(29)32-16(3)24(4,5)6)15(2)27(23(30)25-20)11-10-26(7)8/h12-13,16,20,28H,10-11H2,1-9H3,(H,25,30). The summed E-state index contributed by atoms with van der Waals surface area (Å²) in [6.45, 7) is 12.5. The van der Waals surface area contributed by atoms with Gasteiger partial charge in [-0.2, -0.15) is 0 Å². The van der Waals surface area contributed by atoms with Crippen molar-refractivity contribution in [2.45, 2.75) is 53.7 Å². The third-order valence-corrected chi connectivity index (χ3v) is 5.93. The number of hydrogen-bond acceptors (Lipinski definition) is 6. The second kappa shape index (κ2) is 9.81. The van der Waals surface area contributed by atoms with Crippen molar-refractivity contribution in [3.05, 3.63) is 34.5 Å². The van der Waals surface area contributed by atoms with Gasteiger partial charge in [0.25, 0.3) is 0 Å². The number of aromatic hydroxyl groups is 1. The highest BCUT2D eigenvalue weighted by molar-refractivity contribution is 5.95. The fourth-order valence-corrected chi connectivity index (χ4v) is 3.36. The van der Waals surface area contributed by atoms with Crippen LogP contribution in [0.25, 0.3) is 0 Å². The molecule has 2 unspecified atom stereocenters. The first-order valence-corrected chi connectivity index (χ1v) is 10.8. The highest BCUT2D eigenvalue weighted by Gasteiger charge is 2.38. The molecule has 0 aromatic heterocycles. The van der Waals surface area contributed by atoms with Gasteiger partial charge in [-0.25, -0.2) is 9.59 Å². The quantitative estimate of drug-likeness (QED) is 0.621. The maximum Gasteiger partial charge on any atom is 0.338 e. The molecule has 0 bridgehead atoms. The van der Waals surface area contributed by atoms with E-state index in [1.54, 1.807) is 30.9 Å². The molecule has 2 amide bonds. The van der Waals surface area contributed by atoms with Gasteiger partial charge in [0.1, 0.15) is 6.10 Å². The molecule has 1 aromatic rings. The molecule has 0 fully saturated rings. The molecule has 1 aliphatic heterocycles. The van der Waals surface area contributed by atoms with Gasteiger partial charge in [0.15, 0.2) is 11.5 Å². The van der Waals surface area contributed by atoms with Crippen LogP contribution in [0.15, 0.2) is 23.4 Å². The van der Waals surface area contributed by atoms with Crippen molar-refractivity contribution >= 4 is 12.0 Å². The van der Waals surface area contributed by atoms with Gasteiger partial charge in [0.2, 0.25) is 0 Å². The van der Waals surface area contributed by atoms with E-state index in [1.807, 2.05) is 46.7 Å². The largest absolute Gasteiger partial charge is 0.504 e. The second-order valence-corrected chi connectivity index (χ2v) is 9.64. The van der Waals surface area contributed by atoms with Crippen molar-refractivity contribution in [2.75, 3.05) is 34.3 Å². The van der Waals surface area contributed by atoms with Gasteiger partial charge < -0.3 is 24.8 Å². The lowest BCUT2D eigenvalue weighted by atomic mass is 9.89. The highest BCUT2D eigenvalue weighted by atomic mass is 16.5. The third-order valence-electron chi connectivity index (χ3n) is 5.93. The van der Waals surface area contributed by atoms with E-state index in [9.17, 15) is 14.7 Å². The van der Waals surface area contributed by atoms with E-state index in [0.29, 0.717) is 35.5 Å².